The van der Waals surface area contributed by atoms with Gasteiger partial charge in [-0.3, -0.25) is 9.59 Å². The molecule has 3 heterocycles. The van der Waals surface area contributed by atoms with E-state index in [1.54, 1.807) is 0 Å². The molecule has 1 unspecified atom stereocenters. The lowest BCUT2D eigenvalue weighted by Gasteiger charge is -2.56. The summed E-state index contributed by atoms with van der Waals surface area (Å²) >= 11 is 1.20. The van der Waals surface area contributed by atoms with Crippen molar-refractivity contribution >= 4 is 35.1 Å². The number of hydrogen-bond donors (Lipinski definition) is 3. The summed E-state index contributed by atoms with van der Waals surface area (Å²) in [4.78, 5) is 32.3. The Morgan fingerprint density at radius 2 is 1.97 bits per heavy atom. The van der Waals surface area contributed by atoms with Crippen LogP contribution in [0.2, 0.25) is 0 Å². The molecule has 1 spiro atoms. The number of aliphatic carboxylic acids is 1. The van der Waals surface area contributed by atoms with Crippen LogP contribution in [0.4, 0.5) is 11.5 Å². The largest absolute Gasteiger partial charge is 0.481 e. The topological polar surface area (TPSA) is 137 Å². The van der Waals surface area contributed by atoms with Crippen LogP contribution in [0.15, 0.2) is 35.4 Å². The zero-order chi connectivity index (χ0) is 26.3. The first-order chi connectivity index (χ1) is 17.3. The van der Waals surface area contributed by atoms with Crippen molar-refractivity contribution in [3.05, 3.63) is 58.4 Å². The monoisotopic (exact) mass is 506 g/mol. The number of rotatable bonds is 6. The van der Waals surface area contributed by atoms with Gasteiger partial charge in [0, 0.05) is 19.0 Å². The second kappa shape index (κ2) is 11.9. The number of amides is 1. The molecule has 0 radical (unpaired) electrons. The third-order valence-corrected chi connectivity index (χ3v) is 7.81. The van der Waals surface area contributed by atoms with E-state index in [4.69, 9.17) is 27.2 Å². The molecule has 2 saturated heterocycles. The summed E-state index contributed by atoms with van der Waals surface area (Å²) in [5.41, 5.74) is 8.05. The van der Waals surface area contributed by atoms with Gasteiger partial charge in [-0.05, 0) is 49.9 Å². The molecule has 2 aliphatic heterocycles. The van der Waals surface area contributed by atoms with Crippen molar-refractivity contribution in [1.82, 2.24) is 10.3 Å². The van der Waals surface area contributed by atoms with Crippen LogP contribution in [0, 0.1) is 17.9 Å². The Kier molecular flexibility index (Phi) is 8.92. The van der Waals surface area contributed by atoms with E-state index in [0.29, 0.717) is 34.1 Å². The Morgan fingerprint density at radius 3 is 2.44 bits per heavy atom. The number of thioether (sulfide) groups is 1. The molecule has 9 nitrogen and oxygen atoms in total. The summed E-state index contributed by atoms with van der Waals surface area (Å²) in [6, 6.07) is 11.5. The molecule has 2 aliphatic rings. The summed E-state index contributed by atoms with van der Waals surface area (Å²) < 4.78 is 0. The number of nitrogens with two attached hydrogens (primary N) is 1. The molecule has 0 aliphatic carbocycles. The van der Waals surface area contributed by atoms with Crippen LogP contribution in [-0.2, 0) is 16.0 Å². The van der Waals surface area contributed by atoms with Crippen molar-refractivity contribution in [2.75, 3.05) is 24.5 Å². The zero-order valence-corrected chi connectivity index (χ0v) is 21.3. The van der Waals surface area contributed by atoms with E-state index in [1.807, 2.05) is 37.3 Å². The van der Waals surface area contributed by atoms with Gasteiger partial charge in [-0.1, -0.05) is 49.0 Å². The summed E-state index contributed by atoms with van der Waals surface area (Å²) in [5, 5.41) is 20.6. The van der Waals surface area contributed by atoms with Crippen molar-refractivity contribution in [1.29, 1.82) is 5.26 Å². The average Bonchev–Trinajstić information content (AvgIpc) is 2.86. The second-order valence-electron chi connectivity index (χ2n) is 8.73. The maximum absolute atomic E-state index is 12.3. The standard InChI is InChI=1S/C24H26N6OS.C2H4O2/c1-3-17-18(15-25)23(32-20(21(26)31)16-7-5-4-6-8-16)29-22(19(17)27-2)30-14-11-24(30)9-12-28-13-10-24;1-2(3)4/h4-8,20,28H,3,9-14H2,1H3,(H2,26,31);1H3,(H,3,4). The molecule has 1 aromatic carbocycles. The molecule has 2 fully saturated rings. The number of hydrogen-bond acceptors (Lipinski definition) is 7. The minimum atomic E-state index is -0.833. The van der Waals surface area contributed by atoms with Crippen molar-refractivity contribution in [3.8, 4) is 6.07 Å². The van der Waals surface area contributed by atoms with Crippen LogP contribution in [0.5, 0.6) is 0 Å². The molecule has 0 bridgehead atoms. The molecule has 10 heteroatoms. The van der Waals surface area contributed by atoms with Gasteiger partial charge >= 0.3 is 0 Å². The predicted molar refractivity (Wildman–Crippen MR) is 139 cm³/mol. The van der Waals surface area contributed by atoms with Crippen LogP contribution in [0.25, 0.3) is 4.85 Å². The van der Waals surface area contributed by atoms with Crippen LogP contribution >= 0.6 is 11.8 Å². The van der Waals surface area contributed by atoms with Crippen molar-refractivity contribution in [2.45, 2.75) is 55.3 Å². The van der Waals surface area contributed by atoms with Crippen molar-refractivity contribution in [3.63, 3.8) is 0 Å². The average molecular weight is 507 g/mol. The van der Waals surface area contributed by atoms with Crippen LogP contribution in [-0.4, -0.2) is 47.1 Å². The summed E-state index contributed by atoms with van der Waals surface area (Å²) in [7, 11) is 0. The van der Waals surface area contributed by atoms with Gasteiger partial charge in [0.05, 0.1) is 12.1 Å². The fourth-order valence-electron chi connectivity index (χ4n) is 4.75. The first kappa shape index (κ1) is 27.0. The first-order valence-electron chi connectivity index (χ1n) is 11.8. The van der Waals surface area contributed by atoms with Gasteiger partial charge in [0.1, 0.15) is 22.2 Å². The molecule has 2 aromatic rings. The Labute approximate surface area is 215 Å². The normalized spacial score (nSPS) is 16.5. The highest BCUT2D eigenvalue weighted by atomic mass is 32.2. The van der Waals surface area contributed by atoms with E-state index in [9.17, 15) is 10.1 Å². The smallest absolute Gasteiger partial charge is 0.300 e. The molecular formula is C26H30N6O3S. The molecule has 0 saturated carbocycles. The number of anilines is 1. The van der Waals surface area contributed by atoms with Gasteiger partial charge < -0.3 is 21.1 Å². The number of pyridine rings is 1. The second-order valence-corrected chi connectivity index (χ2v) is 9.82. The number of nitrogens with zero attached hydrogens (tertiary/aromatic N) is 4. The minimum Gasteiger partial charge on any atom is -0.481 e. The number of nitriles is 1. The van der Waals surface area contributed by atoms with E-state index >= 15 is 0 Å². The summed E-state index contributed by atoms with van der Waals surface area (Å²) in [5.74, 6) is -0.678. The molecule has 1 amide bonds. The number of carboxylic acid groups (broad SMARTS) is 1. The number of carboxylic acids is 1. The number of benzene rings is 1. The highest BCUT2D eigenvalue weighted by Crippen LogP contribution is 2.48. The molecule has 4 rings (SSSR count). The number of carbonyl (C=O) groups excluding carboxylic acids is 1. The predicted octanol–water partition coefficient (Wildman–Crippen LogP) is 3.81. The third kappa shape index (κ3) is 5.62. The SMILES string of the molecule is CC(=O)O.[C-]#[N+]c1c(N2CCC23CCNCC3)nc(SC(C(N)=O)c2ccccc2)c(C#N)c1CC. The molecule has 1 aromatic heterocycles. The molecule has 188 valence electrons. The van der Waals surface area contributed by atoms with E-state index in [0.717, 1.165) is 51.4 Å². The first-order valence-corrected chi connectivity index (χ1v) is 12.7. The lowest BCUT2D eigenvalue weighted by Crippen LogP contribution is -2.64. The number of piperidine rings is 1. The van der Waals surface area contributed by atoms with Gasteiger partial charge in [-0.2, -0.15) is 5.26 Å². The quantitative estimate of drug-likeness (QED) is 0.397. The van der Waals surface area contributed by atoms with E-state index < -0.39 is 17.1 Å². The van der Waals surface area contributed by atoms with Crippen LogP contribution in [0.1, 0.15) is 55.1 Å². The van der Waals surface area contributed by atoms with E-state index in [1.165, 1.54) is 11.8 Å². The van der Waals surface area contributed by atoms with E-state index in [2.05, 4.69) is 21.1 Å². The zero-order valence-electron chi connectivity index (χ0n) is 20.5. The summed E-state index contributed by atoms with van der Waals surface area (Å²) in [6.45, 7) is 13.6. The lowest BCUT2D eigenvalue weighted by molar-refractivity contribution is -0.134. The minimum absolute atomic E-state index is 0.0152. The Morgan fingerprint density at radius 1 is 1.33 bits per heavy atom. The Balaban J connectivity index is 0.000000840. The van der Waals surface area contributed by atoms with Crippen molar-refractivity contribution in [2.24, 2.45) is 5.73 Å². The van der Waals surface area contributed by atoms with Gasteiger partial charge in [0.25, 0.3) is 5.97 Å². The fraction of sp³-hybridized carbons (Fsp3) is 0.423. The molecule has 4 N–H and O–H groups in total. The van der Waals surface area contributed by atoms with Gasteiger partial charge in [-0.25, -0.2) is 9.83 Å². The maximum Gasteiger partial charge on any atom is 0.300 e. The third-order valence-electron chi connectivity index (χ3n) is 6.55. The van der Waals surface area contributed by atoms with Gasteiger partial charge in [0.15, 0.2) is 0 Å². The fourth-order valence-corrected chi connectivity index (χ4v) is 5.81. The van der Waals surface area contributed by atoms with Crippen LogP contribution in [0.3, 0.4) is 0 Å². The maximum atomic E-state index is 12.3. The van der Waals surface area contributed by atoms with Crippen LogP contribution < -0.4 is 16.0 Å². The highest BCUT2D eigenvalue weighted by molar-refractivity contribution is 8.00. The Bertz CT molecular complexity index is 1190. The molecule has 1 atom stereocenters. The van der Waals surface area contributed by atoms with Gasteiger partial charge in [0.2, 0.25) is 11.6 Å². The number of primary amides is 1. The number of nitrogens with one attached hydrogen (secondary N) is 1. The molecular weight excluding hydrogens is 476 g/mol. The Hall–Kier alpha value is -3.60. The number of aromatic nitrogens is 1. The van der Waals surface area contributed by atoms with E-state index in [-0.39, 0.29) is 5.54 Å². The number of carbonyl (C=O) groups is 2. The highest BCUT2D eigenvalue weighted by Gasteiger charge is 2.47. The lowest BCUT2D eigenvalue weighted by atomic mass is 9.76. The van der Waals surface area contributed by atoms with Gasteiger partial charge in [-0.15, -0.1) is 0 Å². The molecule has 36 heavy (non-hydrogen) atoms. The van der Waals surface area contributed by atoms with Crippen molar-refractivity contribution < 1.29 is 14.7 Å². The summed E-state index contributed by atoms with van der Waals surface area (Å²) in [6.07, 6.45) is 3.62.